The summed E-state index contributed by atoms with van der Waals surface area (Å²) in [5, 5.41) is 17.5. The third kappa shape index (κ3) is 4.85. The van der Waals surface area contributed by atoms with Crippen molar-refractivity contribution in [3.8, 4) is 0 Å². The van der Waals surface area contributed by atoms with Gasteiger partial charge in [-0.25, -0.2) is 14.8 Å². The molecule has 29 heavy (non-hydrogen) atoms. The third-order valence-electron chi connectivity index (χ3n) is 3.77. The predicted octanol–water partition coefficient (Wildman–Crippen LogP) is 4.81. The molecule has 0 atom stereocenters. The van der Waals surface area contributed by atoms with Gasteiger partial charge in [-0.1, -0.05) is 34.1 Å². The minimum absolute atomic E-state index is 0.0132. The Morgan fingerprint density at radius 3 is 2.55 bits per heavy atom. The van der Waals surface area contributed by atoms with Gasteiger partial charge < -0.3 is 15.4 Å². The van der Waals surface area contributed by atoms with Crippen LogP contribution in [0.1, 0.15) is 17.3 Å². The minimum Gasteiger partial charge on any atom is -0.462 e. The van der Waals surface area contributed by atoms with Gasteiger partial charge in [0.25, 0.3) is 0 Å². The van der Waals surface area contributed by atoms with E-state index >= 15 is 0 Å². The lowest BCUT2D eigenvalue weighted by Crippen LogP contribution is -2.10. The molecule has 0 aliphatic rings. The summed E-state index contributed by atoms with van der Waals surface area (Å²) in [4.78, 5) is 31.3. The highest BCUT2D eigenvalue weighted by Crippen LogP contribution is 2.34. The first-order valence-corrected chi connectivity index (χ1v) is 9.34. The second kappa shape index (κ2) is 9.11. The number of hydrogen-bond acceptors (Lipinski definition) is 8. The van der Waals surface area contributed by atoms with E-state index in [-0.39, 0.29) is 29.5 Å². The Kier molecular flexibility index (Phi) is 6.35. The molecule has 0 bridgehead atoms. The van der Waals surface area contributed by atoms with Crippen LogP contribution < -0.4 is 10.6 Å². The highest BCUT2D eigenvalue weighted by atomic mass is 79.9. The van der Waals surface area contributed by atoms with Crippen LogP contribution in [0.25, 0.3) is 0 Å². The number of carbonyl (C=O) groups is 1. The number of carbonyl (C=O) groups excluding carboxylic acids is 1. The van der Waals surface area contributed by atoms with Crippen LogP contribution in [-0.2, 0) is 4.74 Å². The summed E-state index contributed by atoms with van der Waals surface area (Å²) in [7, 11) is 0. The van der Waals surface area contributed by atoms with E-state index in [4.69, 9.17) is 4.74 Å². The first-order chi connectivity index (χ1) is 14.0. The number of ether oxygens (including phenoxy) is 1. The van der Waals surface area contributed by atoms with E-state index in [1.807, 2.05) is 6.07 Å². The number of rotatable bonds is 7. The van der Waals surface area contributed by atoms with Gasteiger partial charge in [-0.05, 0) is 37.3 Å². The van der Waals surface area contributed by atoms with Crippen molar-refractivity contribution in [2.75, 3.05) is 17.2 Å². The molecule has 1 heterocycles. The molecule has 0 radical (unpaired) electrons. The number of nitrogens with zero attached hydrogens (tertiary/aromatic N) is 3. The maximum absolute atomic E-state index is 12.2. The van der Waals surface area contributed by atoms with E-state index in [1.54, 1.807) is 49.4 Å². The Morgan fingerprint density at radius 1 is 1.14 bits per heavy atom. The zero-order valence-electron chi connectivity index (χ0n) is 15.3. The number of nitrogens with one attached hydrogen (secondary N) is 2. The van der Waals surface area contributed by atoms with Crippen molar-refractivity contribution in [2.24, 2.45) is 0 Å². The fraction of sp³-hybridized carbons (Fsp3) is 0.105. The van der Waals surface area contributed by atoms with Crippen molar-refractivity contribution < 1.29 is 14.5 Å². The molecule has 3 aromatic rings. The van der Waals surface area contributed by atoms with Crippen LogP contribution in [0.15, 0.2) is 59.3 Å². The number of halogens is 1. The number of para-hydroxylation sites is 1. The van der Waals surface area contributed by atoms with E-state index in [2.05, 4.69) is 36.5 Å². The lowest BCUT2D eigenvalue weighted by molar-refractivity contribution is -0.383. The maximum atomic E-state index is 12.2. The molecule has 0 spiro atoms. The van der Waals surface area contributed by atoms with Crippen molar-refractivity contribution in [1.82, 2.24) is 9.97 Å². The van der Waals surface area contributed by atoms with Gasteiger partial charge >= 0.3 is 11.7 Å². The van der Waals surface area contributed by atoms with Crippen LogP contribution in [0.4, 0.5) is 28.7 Å². The Balaban J connectivity index is 1.99. The third-order valence-corrected chi connectivity index (χ3v) is 4.26. The molecule has 10 heteroatoms. The number of esters is 1. The monoisotopic (exact) mass is 457 g/mol. The van der Waals surface area contributed by atoms with Crippen LogP contribution in [0.3, 0.4) is 0 Å². The normalized spacial score (nSPS) is 10.3. The average molecular weight is 458 g/mol. The zero-order valence-corrected chi connectivity index (χ0v) is 16.8. The number of aromatic nitrogens is 2. The van der Waals surface area contributed by atoms with Gasteiger partial charge in [-0.15, -0.1) is 0 Å². The van der Waals surface area contributed by atoms with Crippen molar-refractivity contribution >= 4 is 50.6 Å². The molecule has 0 amide bonds. The largest absolute Gasteiger partial charge is 0.462 e. The van der Waals surface area contributed by atoms with Crippen molar-refractivity contribution in [1.29, 1.82) is 0 Å². The highest BCUT2D eigenvalue weighted by molar-refractivity contribution is 9.10. The summed E-state index contributed by atoms with van der Waals surface area (Å²) in [5.74, 6) is -0.585. The first-order valence-electron chi connectivity index (χ1n) is 8.54. The van der Waals surface area contributed by atoms with Gasteiger partial charge in [0.05, 0.1) is 22.8 Å². The molecule has 3 rings (SSSR count). The average Bonchev–Trinajstić information content (AvgIpc) is 2.68. The summed E-state index contributed by atoms with van der Waals surface area (Å²) in [6.45, 7) is 1.91. The summed E-state index contributed by atoms with van der Waals surface area (Å²) in [6, 6.07) is 13.7. The van der Waals surface area contributed by atoms with Crippen LogP contribution in [0.5, 0.6) is 0 Å². The summed E-state index contributed by atoms with van der Waals surface area (Å²) < 4.78 is 5.84. The van der Waals surface area contributed by atoms with Gasteiger partial charge in [0.15, 0.2) is 0 Å². The van der Waals surface area contributed by atoms with Gasteiger partial charge in [-0.2, -0.15) is 0 Å². The van der Waals surface area contributed by atoms with Crippen LogP contribution in [0.2, 0.25) is 0 Å². The van der Waals surface area contributed by atoms with Crippen LogP contribution in [0, 0.1) is 10.1 Å². The van der Waals surface area contributed by atoms with E-state index in [0.717, 1.165) is 4.47 Å². The molecule has 0 aliphatic heterocycles. The molecule has 2 aromatic carbocycles. The molecule has 1 aromatic heterocycles. The fourth-order valence-corrected chi connectivity index (χ4v) is 2.94. The second-order valence-electron chi connectivity index (χ2n) is 5.70. The van der Waals surface area contributed by atoms with E-state index in [1.165, 1.54) is 6.33 Å². The Hall–Kier alpha value is -3.53. The van der Waals surface area contributed by atoms with Crippen molar-refractivity contribution in [2.45, 2.75) is 6.92 Å². The van der Waals surface area contributed by atoms with Gasteiger partial charge in [0, 0.05) is 10.2 Å². The SMILES string of the molecule is CCOC(=O)c1ccccc1Nc1ncnc(Nc2cccc(Br)c2)c1[N+](=O)[O-]. The standard InChI is InChI=1S/C19H16BrN5O4/c1-2-29-19(26)14-8-3-4-9-15(14)24-18-16(25(27)28)17(21-11-22-18)23-13-7-5-6-12(20)10-13/h3-11H,2H2,1H3,(H2,21,22,23,24). The molecular formula is C19H16BrN5O4. The van der Waals surface area contributed by atoms with E-state index in [9.17, 15) is 14.9 Å². The maximum Gasteiger partial charge on any atom is 0.353 e. The van der Waals surface area contributed by atoms with Gasteiger partial charge in [-0.3, -0.25) is 10.1 Å². The molecule has 0 saturated carbocycles. The van der Waals surface area contributed by atoms with Gasteiger partial charge in [0.1, 0.15) is 6.33 Å². The highest BCUT2D eigenvalue weighted by Gasteiger charge is 2.24. The first kappa shape index (κ1) is 20.2. The summed E-state index contributed by atoms with van der Waals surface area (Å²) in [6.07, 6.45) is 1.20. The lowest BCUT2D eigenvalue weighted by atomic mass is 10.2. The van der Waals surface area contributed by atoms with Gasteiger partial charge in [0.2, 0.25) is 11.6 Å². The topological polar surface area (TPSA) is 119 Å². The van der Waals surface area contributed by atoms with E-state index in [0.29, 0.717) is 11.4 Å². The second-order valence-corrected chi connectivity index (χ2v) is 6.62. The Labute approximate surface area is 174 Å². The summed E-state index contributed by atoms with van der Waals surface area (Å²) >= 11 is 3.35. The molecule has 2 N–H and O–H groups in total. The molecule has 9 nitrogen and oxygen atoms in total. The van der Waals surface area contributed by atoms with Crippen LogP contribution in [-0.4, -0.2) is 27.5 Å². The Morgan fingerprint density at radius 2 is 1.86 bits per heavy atom. The Bertz CT molecular complexity index is 1060. The minimum atomic E-state index is -0.588. The number of anilines is 4. The number of benzene rings is 2. The molecular weight excluding hydrogens is 442 g/mol. The van der Waals surface area contributed by atoms with Crippen LogP contribution >= 0.6 is 15.9 Å². The smallest absolute Gasteiger partial charge is 0.353 e. The van der Waals surface area contributed by atoms with E-state index < -0.39 is 10.9 Å². The quantitative estimate of drug-likeness (QED) is 0.294. The zero-order chi connectivity index (χ0) is 20.8. The molecule has 0 saturated heterocycles. The van der Waals surface area contributed by atoms with Crippen molar-refractivity contribution in [3.05, 3.63) is 75.0 Å². The molecule has 148 valence electrons. The molecule has 0 unspecified atom stereocenters. The predicted molar refractivity (Wildman–Crippen MR) is 112 cm³/mol. The van der Waals surface area contributed by atoms with Crippen molar-refractivity contribution in [3.63, 3.8) is 0 Å². The lowest BCUT2D eigenvalue weighted by Gasteiger charge is -2.12. The molecule has 0 fully saturated rings. The number of hydrogen-bond donors (Lipinski definition) is 2. The summed E-state index contributed by atoms with van der Waals surface area (Å²) in [5.41, 5.74) is 0.829. The molecule has 0 aliphatic carbocycles. The fourth-order valence-electron chi connectivity index (χ4n) is 2.54. The number of nitro groups is 1.